The first-order valence-corrected chi connectivity index (χ1v) is 6.57. The molecule has 2 aliphatic rings. The standard InChI is InChI=1S/C13H16N4O3/c1-7-5-16(6-9(7)14)11-4-10-8(3-13(18)15-10)2-12(11)17(19)20/h2,4,7,9H,3,5-6,14H2,1H3,(H,15,18). The number of carbonyl (C=O) groups is 1. The van der Waals surface area contributed by atoms with Gasteiger partial charge in [0, 0.05) is 30.9 Å². The van der Waals surface area contributed by atoms with E-state index in [1.165, 1.54) is 6.07 Å². The number of nitrogens with zero attached hydrogens (tertiary/aromatic N) is 2. The summed E-state index contributed by atoms with van der Waals surface area (Å²) in [6.45, 7) is 3.31. The van der Waals surface area contributed by atoms with Crippen molar-refractivity contribution in [2.45, 2.75) is 19.4 Å². The second-order valence-electron chi connectivity index (χ2n) is 5.53. The van der Waals surface area contributed by atoms with E-state index in [1.807, 2.05) is 11.8 Å². The van der Waals surface area contributed by atoms with Gasteiger partial charge in [-0.05, 0) is 17.5 Å². The average Bonchev–Trinajstić information content (AvgIpc) is 2.89. The van der Waals surface area contributed by atoms with Crippen LogP contribution in [0.3, 0.4) is 0 Å². The highest BCUT2D eigenvalue weighted by Crippen LogP contribution is 2.38. The van der Waals surface area contributed by atoms with Crippen LogP contribution in [0.2, 0.25) is 0 Å². The van der Waals surface area contributed by atoms with Crippen LogP contribution in [0.5, 0.6) is 0 Å². The van der Waals surface area contributed by atoms with E-state index in [-0.39, 0.29) is 30.0 Å². The molecular weight excluding hydrogens is 260 g/mol. The van der Waals surface area contributed by atoms with E-state index >= 15 is 0 Å². The Morgan fingerprint density at radius 2 is 2.20 bits per heavy atom. The second-order valence-corrected chi connectivity index (χ2v) is 5.53. The number of benzene rings is 1. The Bertz CT molecular complexity index is 592. The summed E-state index contributed by atoms with van der Waals surface area (Å²) in [5.74, 6) is 0.162. The highest BCUT2D eigenvalue weighted by molar-refractivity contribution is 6.00. The molecular formula is C13H16N4O3. The first-order valence-electron chi connectivity index (χ1n) is 6.57. The van der Waals surface area contributed by atoms with Crippen molar-refractivity contribution < 1.29 is 9.72 Å². The van der Waals surface area contributed by atoms with Crippen LogP contribution in [0.15, 0.2) is 12.1 Å². The molecule has 0 aliphatic carbocycles. The van der Waals surface area contributed by atoms with Gasteiger partial charge in [-0.15, -0.1) is 0 Å². The highest BCUT2D eigenvalue weighted by Gasteiger charge is 2.33. The predicted octanol–water partition coefficient (Wildman–Crippen LogP) is 0.873. The molecule has 3 rings (SSSR count). The van der Waals surface area contributed by atoms with Crippen LogP contribution in [0.1, 0.15) is 12.5 Å². The molecule has 7 heteroatoms. The van der Waals surface area contributed by atoms with E-state index in [1.54, 1.807) is 6.07 Å². The molecule has 1 aromatic rings. The summed E-state index contributed by atoms with van der Waals surface area (Å²) in [5, 5.41) is 14.0. The number of nitro groups is 1. The number of nitro benzene ring substituents is 1. The number of hydrogen-bond donors (Lipinski definition) is 2. The summed E-state index contributed by atoms with van der Waals surface area (Å²) >= 11 is 0. The molecule has 2 heterocycles. The molecule has 1 saturated heterocycles. The number of amides is 1. The molecule has 20 heavy (non-hydrogen) atoms. The molecule has 0 saturated carbocycles. The second kappa shape index (κ2) is 4.45. The van der Waals surface area contributed by atoms with Crippen LogP contribution in [-0.4, -0.2) is 30.0 Å². The summed E-state index contributed by atoms with van der Waals surface area (Å²) in [4.78, 5) is 24.2. The third kappa shape index (κ3) is 2.00. The molecule has 2 aliphatic heterocycles. The van der Waals surface area contributed by atoms with E-state index in [0.29, 0.717) is 30.0 Å². The number of fused-ring (bicyclic) bond motifs is 1. The molecule has 1 amide bonds. The van der Waals surface area contributed by atoms with E-state index in [0.717, 1.165) is 0 Å². The Balaban J connectivity index is 2.04. The van der Waals surface area contributed by atoms with Crippen molar-refractivity contribution >= 4 is 23.0 Å². The molecule has 106 valence electrons. The van der Waals surface area contributed by atoms with Crippen molar-refractivity contribution in [3.8, 4) is 0 Å². The third-order valence-corrected chi connectivity index (χ3v) is 4.03. The Kier molecular flexibility index (Phi) is 2.86. The number of anilines is 2. The normalized spacial score (nSPS) is 24.7. The maximum atomic E-state index is 11.4. The summed E-state index contributed by atoms with van der Waals surface area (Å²) < 4.78 is 0. The lowest BCUT2D eigenvalue weighted by atomic mass is 10.1. The molecule has 0 aromatic heterocycles. The fourth-order valence-electron chi connectivity index (χ4n) is 2.84. The van der Waals surface area contributed by atoms with E-state index in [9.17, 15) is 14.9 Å². The molecule has 3 N–H and O–H groups in total. The zero-order chi connectivity index (χ0) is 14.4. The van der Waals surface area contributed by atoms with Gasteiger partial charge in [0.05, 0.1) is 11.3 Å². The van der Waals surface area contributed by atoms with Gasteiger partial charge in [-0.2, -0.15) is 0 Å². The van der Waals surface area contributed by atoms with Crippen LogP contribution in [0.4, 0.5) is 17.1 Å². The van der Waals surface area contributed by atoms with Gasteiger partial charge in [-0.3, -0.25) is 14.9 Å². The average molecular weight is 276 g/mol. The van der Waals surface area contributed by atoms with Gasteiger partial charge in [0.15, 0.2) is 0 Å². The smallest absolute Gasteiger partial charge is 0.292 e. The van der Waals surface area contributed by atoms with Crippen LogP contribution < -0.4 is 16.0 Å². The van der Waals surface area contributed by atoms with Gasteiger partial charge in [0.1, 0.15) is 5.69 Å². The van der Waals surface area contributed by atoms with Crippen LogP contribution in [0.25, 0.3) is 0 Å². The quantitative estimate of drug-likeness (QED) is 0.616. The largest absolute Gasteiger partial charge is 0.364 e. The number of nitrogens with two attached hydrogens (primary N) is 1. The summed E-state index contributed by atoms with van der Waals surface area (Å²) in [7, 11) is 0. The van der Waals surface area contributed by atoms with Gasteiger partial charge in [-0.25, -0.2) is 0 Å². The molecule has 2 unspecified atom stereocenters. The van der Waals surface area contributed by atoms with Crippen molar-refractivity contribution in [2.75, 3.05) is 23.3 Å². The van der Waals surface area contributed by atoms with Crippen molar-refractivity contribution in [3.05, 3.63) is 27.8 Å². The van der Waals surface area contributed by atoms with Crippen molar-refractivity contribution in [3.63, 3.8) is 0 Å². The van der Waals surface area contributed by atoms with E-state index in [4.69, 9.17) is 5.73 Å². The van der Waals surface area contributed by atoms with E-state index < -0.39 is 4.92 Å². The first-order chi connectivity index (χ1) is 9.45. The van der Waals surface area contributed by atoms with Gasteiger partial charge in [0.2, 0.25) is 5.91 Å². The fraction of sp³-hybridized carbons (Fsp3) is 0.462. The Morgan fingerprint density at radius 3 is 2.80 bits per heavy atom. The molecule has 1 fully saturated rings. The lowest BCUT2D eigenvalue weighted by Gasteiger charge is -2.19. The first kappa shape index (κ1) is 12.9. The minimum Gasteiger partial charge on any atom is -0.364 e. The highest BCUT2D eigenvalue weighted by atomic mass is 16.6. The van der Waals surface area contributed by atoms with Gasteiger partial charge >= 0.3 is 0 Å². The maximum Gasteiger partial charge on any atom is 0.292 e. The Hall–Kier alpha value is -2.15. The van der Waals surface area contributed by atoms with Crippen molar-refractivity contribution in [2.24, 2.45) is 11.7 Å². The molecule has 2 atom stereocenters. The van der Waals surface area contributed by atoms with Crippen LogP contribution in [-0.2, 0) is 11.2 Å². The summed E-state index contributed by atoms with van der Waals surface area (Å²) in [6.07, 6.45) is 0.201. The third-order valence-electron chi connectivity index (χ3n) is 4.03. The lowest BCUT2D eigenvalue weighted by molar-refractivity contribution is -0.384. The predicted molar refractivity (Wildman–Crippen MR) is 74.8 cm³/mol. The van der Waals surface area contributed by atoms with Crippen molar-refractivity contribution in [1.29, 1.82) is 0 Å². The van der Waals surface area contributed by atoms with Crippen molar-refractivity contribution in [1.82, 2.24) is 0 Å². The molecule has 0 bridgehead atoms. The number of nitrogens with one attached hydrogen (secondary N) is 1. The number of carbonyl (C=O) groups excluding carboxylic acids is 1. The van der Waals surface area contributed by atoms with Gasteiger partial charge in [-0.1, -0.05) is 6.92 Å². The summed E-state index contributed by atoms with van der Waals surface area (Å²) in [6, 6.07) is 3.21. The topological polar surface area (TPSA) is 101 Å². The van der Waals surface area contributed by atoms with Crippen LogP contribution >= 0.6 is 0 Å². The maximum absolute atomic E-state index is 11.4. The molecule has 1 aromatic carbocycles. The minimum absolute atomic E-state index is 0.0115. The zero-order valence-corrected chi connectivity index (χ0v) is 11.1. The Morgan fingerprint density at radius 1 is 1.45 bits per heavy atom. The minimum atomic E-state index is -0.396. The number of rotatable bonds is 2. The molecule has 0 radical (unpaired) electrons. The zero-order valence-electron chi connectivity index (χ0n) is 11.1. The van der Waals surface area contributed by atoms with E-state index in [2.05, 4.69) is 5.32 Å². The monoisotopic (exact) mass is 276 g/mol. The summed E-state index contributed by atoms with van der Waals surface area (Å²) in [5.41, 5.74) is 7.92. The molecule has 0 spiro atoms. The Labute approximate surface area is 115 Å². The fourth-order valence-corrected chi connectivity index (χ4v) is 2.84. The van der Waals surface area contributed by atoms with Crippen LogP contribution in [0, 0.1) is 16.0 Å². The van der Waals surface area contributed by atoms with Gasteiger partial charge < -0.3 is 16.0 Å². The number of hydrogen-bond acceptors (Lipinski definition) is 5. The van der Waals surface area contributed by atoms with Gasteiger partial charge in [0.25, 0.3) is 5.69 Å². The SMILES string of the molecule is CC1CN(c2cc3c(cc2[N+](=O)[O-])CC(=O)N3)CC1N. The molecule has 7 nitrogen and oxygen atoms in total. The lowest BCUT2D eigenvalue weighted by Crippen LogP contribution is -2.28.